The maximum absolute atomic E-state index is 12.8. The topological polar surface area (TPSA) is 101 Å². The van der Waals surface area contributed by atoms with Crippen LogP contribution >= 0.6 is 23.4 Å². The minimum absolute atomic E-state index is 0.0556. The van der Waals surface area contributed by atoms with Gasteiger partial charge < -0.3 is 10.6 Å². The summed E-state index contributed by atoms with van der Waals surface area (Å²) in [7, 11) is 0. The first-order valence-corrected chi connectivity index (χ1v) is 10.7. The van der Waals surface area contributed by atoms with Crippen LogP contribution < -0.4 is 10.6 Å². The van der Waals surface area contributed by atoms with Crippen LogP contribution in [0, 0.1) is 10.1 Å². The zero-order chi connectivity index (χ0) is 21.4. The first-order valence-electron chi connectivity index (χ1n) is 8.92. The lowest BCUT2D eigenvalue weighted by molar-refractivity contribution is -0.384. The Balaban J connectivity index is 2.13. The van der Waals surface area contributed by atoms with Crippen LogP contribution in [0.3, 0.4) is 0 Å². The first-order chi connectivity index (χ1) is 13.8. The van der Waals surface area contributed by atoms with E-state index >= 15 is 0 Å². The van der Waals surface area contributed by atoms with E-state index in [1.807, 2.05) is 43.5 Å². The minimum atomic E-state index is -0.768. The molecule has 0 saturated heterocycles. The number of carbonyl (C=O) groups excluding carboxylic acids is 2. The van der Waals surface area contributed by atoms with E-state index in [9.17, 15) is 19.7 Å². The van der Waals surface area contributed by atoms with Gasteiger partial charge in [-0.3, -0.25) is 19.7 Å². The van der Waals surface area contributed by atoms with Crippen molar-refractivity contribution in [3.8, 4) is 0 Å². The van der Waals surface area contributed by atoms with E-state index in [4.69, 9.17) is 11.6 Å². The molecule has 29 heavy (non-hydrogen) atoms. The molecule has 0 heterocycles. The fourth-order valence-electron chi connectivity index (χ4n) is 2.68. The molecular formula is C20H22ClN3O4S. The van der Waals surface area contributed by atoms with E-state index in [1.54, 1.807) is 11.8 Å². The molecule has 2 aromatic rings. The molecule has 154 valence electrons. The van der Waals surface area contributed by atoms with Gasteiger partial charge in [0, 0.05) is 11.6 Å². The summed E-state index contributed by atoms with van der Waals surface area (Å²) in [4.78, 5) is 35.8. The third kappa shape index (κ3) is 6.47. The molecule has 2 rings (SSSR count). The SMILES string of the molecule is CSCCC(NC(=O)c1ccc(Cl)c([N+](=O)[O-])c1)C(=O)NC(C)c1ccccc1. The molecule has 2 aromatic carbocycles. The lowest BCUT2D eigenvalue weighted by Crippen LogP contribution is -2.47. The van der Waals surface area contributed by atoms with Crippen molar-refractivity contribution < 1.29 is 14.5 Å². The number of nitrogens with one attached hydrogen (secondary N) is 2. The molecule has 0 spiro atoms. The van der Waals surface area contributed by atoms with Crippen LogP contribution in [0.4, 0.5) is 5.69 Å². The van der Waals surface area contributed by atoms with Crippen LogP contribution in [0.2, 0.25) is 5.02 Å². The maximum atomic E-state index is 12.8. The summed E-state index contributed by atoms with van der Waals surface area (Å²) in [6, 6.07) is 12.3. The second-order valence-corrected chi connectivity index (χ2v) is 7.76. The first kappa shape index (κ1) is 22.7. The lowest BCUT2D eigenvalue weighted by Gasteiger charge is -2.21. The minimum Gasteiger partial charge on any atom is -0.348 e. The molecule has 0 aromatic heterocycles. The molecule has 0 fully saturated rings. The Morgan fingerprint density at radius 3 is 2.48 bits per heavy atom. The summed E-state index contributed by atoms with van der Waals surface area (Å²) in [5, 5.41) is 16.6. The summed E-state index contributed by atoms with van der Waals surface area (Å²) in [6.45, 7) is 1.86. The molecule has 2 atom stereocenters. The molecule has 2 amide bonds. The fourth-order valence-corrected chi connectivity index (χ4v) is 3.34. The second kappa shape index (κ2) is 10.8. The number of nitro benzene ring substituents is 1. The van der Waals surface area contributed by atoms with Crippen molar-refractivity contribution in [2.75, 3.05) is 12.0 Å². The van der Waals surface area contributed by atoms with Crippen LogP contribution in [-0.2, 0) is 4.79 Å². The van der Waals surface area contributed by atoms with Crippen LogP contribution in [0.5, 0.6) is 0 Å². The number of nitro groups is 1. The Morgan fingerprint density at radius 1 is 1.17 bits per heavy atom. The Kier molecular flexibility index (Phi) is 8.48. The average molecular weight is 436 g/mol. The molecule has 9 heteroatoms. The van der Waals surface area contributed by atoms with Crippen molar-refractivity contribution in [3.05, 3.63) is 74.8 Å². The van der Waals surface area contributed by atoms with Crippen molar-refractivity contribution in [3.63, 3.8) is 0 Å². The van der Waals surface area contributed by atoms with E-state index in [1.165, 1.54) is 12.1 Å². The number of benzene rings is 2. The molecule has 2 unspecified atom stereocenters. The summed E-state index contributed by atoms with van der Waals surface area (Å²) in [5.41, 5.74) is 0.658. The van der Waals surface area contributed by atoms with Crippen LogP contribution in [0.1, 0.15) is 35.3 Å². The Bertz CT molecular complexity index is 879. The van der Waals surface area contributed by atoms with Gasteiger partial charge in [0.05, 0.1) is 11.0 Å². The number of hydrogen-bond donors (Lipinski definition) is 2. The Labute approximate surface area is 178 Å². The Hall–Kier alpha value is -2.58. The monoisotopic (exact) mass is 435 g/mol. The van der Waals surface area contributed by atoms with E-state index in [2.05, 4.69) is 10.6 Å². The molecule has 0 aliphatic rings. The molecular weight excluding hydrogens is 414 g/mol. The normalized spacial score (nSPS) is 12.7. The quantitative estimate of drug-likeness (QED) is 0.458. The van der Waals surface area contributed by atoms with E-state index < -0.39 is 16.9 Å². The molecule has 0 radical (unpaired) electrons. The number of carbonyl (C=O) groups is 2. The van der Waals surface area contributed by atoms with Gasteiger partial charge in [-0.2, -0.15) is 11.8 Å². The van der Waals surface area contributed by atoms with Gasteiger partial charge in [0.15, 0.2) is 0 Å². The summed E-state index contributed by atoms with van der Waals surface area (Å²) in [5.74, 6) is -0.218. The van der Waals surface area contributed by atoms with Crippen LogP contribution in [-0.4, -0.2) is 34.8 Å². The highest BCUT2D eigenvalue weighted by Crippen LogP contribution is 2.25. The number of hydrogen-bond acceptors (Lipinski definition) is 5. The number of rotatable bonds is 9. The van der Waals surface area contributed by atoms with Gasteiger partial charge in [0.1, 0.15) is 11.1 Å². The summed E-state index contributed by atoms with van der Waals surface area (Å²) in [6.07, 6.45) is 2.34. The zero-order valence-electron chi connectivity index (χ0n) is 16.1. The van der Waals surface area contributed by atoms with Crippen LogP contribution in [0.15, 0.2) is 48.5 Å². The summed E-state index contributed by atoms with van der Waals surface area (Å²) < 4.78 is 0. The third-order valence-corrected chi connectivity index (χ3v) is 5.26. The maximum Gasteiger partial charge on any atom is 0.288 e. The van der Waals surface area contributed by atoms with Gasteiger partial charge in [-0.1, -0.05) is 41.9 Å². The third-order valence-electron chi connectivity index (χ3n) is 4.30. The fraction of sp³-hybridized carbons (Fsp3) is 0.300. The molecule has 0 bridgehead atoms. The van der Waals surface area contributed by atoms with Gasteiger partial charge in [0.25, 0.3) is 11.6 Å². The molecule has 7 nitrogen and oxygen atoms in total. The van der Waals surface area contributed by atoms with E-state index in [0.717, 1.165) is 11.6 Å². The molecule has 0 aliphatic heterocycles. The van der Waals surface area contributed by atoms with Gasteiger partial charge in [-0.05, 0) is 43.0 Å². The smallest absolute Gasteiger partial charge is 0.288 e. The second-order valence-electron chi connectivity index (χ2n) is 6.37. The predicted molar refractivity (Wildman–Crippen MR) is 115 cm³/mol. The lowest BCUT2D eigenvalue weighted by atomic mass is 10.1. The van der Waals surface area contributed by atoms with E-state index in [-0.39, 0.29) is 28.2 Å². The highest BCUT2D eigenvalue weighted by molar-refractivity contribution is 7.98. The highest BCUT2D eigenvalue weighted by Gasteiger charge is 2.24. The number of nitrogens with zero attached hydrogens (tertiary/aromatic N) is 1. The van der Waals surface area contributed by atoms with Crippen molar-refractivity contribution in [2.45, 2.75) is 25.4 Å². The average Bonchev–Trinajstić information content (AvgIpc) is 2.71. The highest BCUT2D eigenvalue weighted by atomic mass is 35.5. The number of thioether (sulfide) groups is 1. The molecule has 0 aliphatic carbocycles. The van der Waals surface area contributed by atoms with Gasteiger partial charge in [0.2, 0.25) is 5.91 Å². The van der Waals surface area contributed by atoms with Crippen molar-refractivity contribution in [1.29, 1.82) is 0 Å². The number of amides is 2. The molecule has 2 N–H and O–H groups in total. The van der Waals surface area contributed by atoms with Crippen LogP contribution in [0.25, 0.3) is 0 Å². The van der Waals surface area contributed by atoms with E-state index in [0.29, 0.717) is 12.2 Å². The van der Waals surface area contributed by atoms with Crippen molar-refractivity contribution in [1.82, 2.24) is 10.6 Å². The molecule has 0 saturated carbocycles. The van der Waals surface area contributed by atoms with Gasteiger partial charge in [-0.15, -0.1) is 0 Å². The standard InChI is InChI=1S/C20H22ClN3O4S/c1-13(14-6-4-3-5-7-14)22-20(26)17(10-11-29-2)23-19(25)15-8-9-16(21)18(12-15)24(27)28/h3-9,12-13,17H,10-11H2,1-2H3,(H,22,26)(H,23,25). The van der Waals surface area contributed by atoms with Crippen molar-refractivity contribution >= 4 is 40.9 Å². The van der Waals surface area contributed by atoms with Gasteiger partial charge >= 0.3 is 0 Å². The van der Waals surface area contributed by atoms with Gasteiger partial charge in [-0.25, -0.2) is 0 Å². The van der Waals surface area contributed by atoms with Crippen molar-refractivity contribution in [2.24, 2.45) is 0 Å². The predicted octanol–water partition coefficient (Wildman–Crippen LogP) is 3.98. The number of halogens is 1. The largest absolute Gasteiger partial charge is 0.348 e. The summed E-state index contributed by atoms with van der Waals surface area (Å²) >= 11 is 7.35. The zero-order valence-corrected chi connectivity index (χ0v) is 17.6. The Morgan fingerprint density at radius 2 is 1.86 bits per heavy atom.